The van der Waals surface area contributed by atoms with Gasteiger partial charge < -0.3 is 4.74 Å². The molecule has 2 nitrogen and oxygen atoms in total. The Morgan fingerprint density at radius 3 is 2.60 bits per heavy atom. The third kappa shape index (κ3) is 1.33. The Morgan fingerprint density at radius 2 is 2.10 bits per heavy atom. The first-order chi connectivity index (χ1) is 4.88. The molecule has 0 atom stereocenters. The van der Waals surface area contributed by atoms with E-state index >= 15 is 0 Å². The molecule has 0 unspecified atom stereocenters. The second-order valence-corrected chi connectivity index (χ2v) is 1.98. The van der Waals surface area contributed by atoms with Gasteiger partial charge in [0.1, 0.15) is 5.75 Å². The van der Waals surface area contributed by atoms with E-state index in [2.05, 4.69) is 4.84 Å². The average molecular weight is 158 g/mol. The van der Waals surface area contributed by atoms with E-state index < -0.39 is 0 Å². The van der Waals surface area contributed by atoms with Gasteiger partial charge in [-0.1, -0.05) is 12.1 Å². The second-order valence-electron chi connectivity index (χ2n) is 1.79. The molecule has 10 heavy (non-hydrogen) atoms. The minimum Gasteiger partial charge on any atom is -0.495 e. The monoisotopic (exact) mass is 157 g/mol. The molecule has 0 spiro atoms. The molecule has 0 aliphatic heterocycles. The molecule has 0 amide bonds. The summed E-state index contributed by atoms with van der Waals surface area (Å²) in [6.07, 6.45) is 0. The van der Waals surface area contributed by atoms with Crippen LogP contribution in [0.5, 0.6) is 5.75 Å². The second kappa shape index (κ2) is 3.32. The zero-order chi connectivity index (χ0) is 7.40. The van der Waals surface area contributed by atoms with E-state index in [4.69, 9.17) is 16.5 Å². The van der Waals surface area contributed by atoms with Crippen LogP contribution >= 0.6 is 11.8 Å². The first-order valence-electron chi connectivity index (χ1n) is 2.88. The lowest BCUT2D eigenvalue weighted by molar-refractivity contribution is 0.417. The van der Waals surface area contributed by atoms with Gasteiger partial charge in [-0.15, -0.1) is 0 Å². The first-order valence-corrected chi connectivity index (χ1v) is 3.26. The molecule has 1 N–H and O–H groups in total. The van der Waals surface area contributed by atoms with Crippen LogP contribution in [0.2, 0.25) is 0 Å². The molecule has 0 fully saturated rings. The van der Waals surface area contributed by atoms with Gasteiger partial charge in [0, 0.05) is 11.8 Å². The van der Waals surface area contributed by atoms with Crippen LogP contribution in [0.3, 0.4) is 0 Å². The molecule has 0 radical (unpaired) electrons. The van der Waals surface area contributed by atoms with Crippen LogP contribution in [0, 0.1) is 0 Å². The van der Waals surface area contributed by atoms with Crippen molar-refractivity contribution in [1.29, 1.82) is 0 Å². The number of methoxy groups -OCH3 is 1. The van der Waals surface area contributed by atoms with Gasteiger partial charge in [-0.05, 0) is 12.1 Å². The van der Waals surface area contributed by atoms with Gasteiger partial charge in [0.15, 0.2) is 0 Å². The predicted molar refractivity (Wildman–Crippen MR) is 42.5 cm³/mol. The first kappa shape index (κ1) is 7.22. The molecule has 0 bridgehead atoms. The van der Waals surface area contributed by atoms with Crippen LogP contribution < -0.4 is 9.57 Å². The molecule has 0 aliphatic rings. The summed E-state index contributed by atoms with van der Waals surface area (Å²) >= 11 is 5.38. The van der Waals surface area contributed by atoms with Crippen molar-refractivity contribution in [2.45, 2.75) is 0 Å². The smallest absolute Gasteiger partial charge is 0.143 e. The Hall–Kier alpha value is -0.890. The number of anilines is 1. The van der Waals surface area contributed by atoms with E-state index in [9.17, 15) is 0 Å². The van der Waals surface area contributed by atoms with Crippen molar-refractivity contribution in [2.75, 3.05) is 11.9 Å². The highest BCUT2D eigenvalue weighted by molar-refractivity contribution is 6.24. The molecular weight excluding hydrogens is 150 g/mol. The maximum absolute atomic E-state index is 5.38. The van der Waals surface area contributed by atoms with Crippen molar-refractivity contribution in [2.24, 2.45) is 0 Å². The zero-order valence-electron chi connectivity index (χ0n) is 5.60. The minimum atomic E-state index is 0.748. The van der Waals surface area contributed by atoms with E-state index in [-0.39, 0.29) is 0 Å². The summed E-state index contributed by atoms with van der Waals surface area (Å²) < 4.78 is 4.99. The van der Waals surface area contributed by atoms with E-state index in [0.717, 1.165) is 11.4 Å². The van der Waals surface area contributed by atoms with E-state index in [1.54, 1.807) is 7.11 Å². The van der Waals surface area contributed by atoms with Crippen LogP contribution in [0.15, 0.2) is 24.3 Å². The summed E-state index contributed by atoms with van der Waals surface area (Å²) in [5, 5.41) is 0. The summed E-state index contributed by atoms with van der Waals surface area (Å²) in [5.74, 6) is 0.748. The number of nitrogens with one attached hydrogen (secondary N) is 1. The van der Waals surface area contributed by atoms with Crippen molar-refractivity contribution in [3.63, 3.8) is 0 Å². The number of halogens is 1. The fourth-order valence-corrected chi connectivity index (χ4v) is 0.879. The van der Waals surface area contributed by atoms with Crippen molar-refractivity contribution in [3.8, 4) is 5.75 Å². The quantitative estimate of drug-likeness (QED) is 0.665. The van der Waals surface area contributed by atoms with Crippen LogP contribution in [-0.4, -0.2) is 7.11 Å². The van der Waals surface area contributed by atoms with Gasteiger partial charge >= 0.3 is 0 Å². The Labute approximate surface area is 64.9 Å². The van der Waals surface area contributed by atoms with Crippen molar-refractivity contribution < 1.29 is 4.74 Å². The van der Waals surface area contributed by atoms with Crippen LogP contribution in [0.4, 0.5) is 5.69 Å². The fraction of sp³-hybridized carbons (Fsp3) is 0.143. The zero-order valence-corrected chi connectivity index (χ0v) is 6.35. The van der Waals surface area contributed by atoms with Crippen molar-refractivity contribution in [1.82, 2.24) is 0 Å². The largest absolute Gasteiger partial charge is 0.495 e. The van der Waals surface area contributed by atoms with Crippen LogP contribution in [0.1, 0.15) is 0 Å². The topological polar surface area (TPSA) is 21.3 Å². The standard InChI is InChI=1S/C7H8ClNO/c1-10-7-5-3-2-4-6(7)9-8/h2-5,9H,1H3. The summed E-state index contributed by atoms with van der Waals surface area (Å²) in [4.78, 5) is 2.49. The third-order valence-corrected chi connectivity index (χ3v) is 1.41. The van der Waals surface area contributed by atoms with Gasteiger partial charge in [-0.25, -0.2) is 0 Å². The number of hydrogen-bond donors (Lipinski definition) is 1. The van der Waals surface area contributed by atoms with E-state index in [1.165, 1.54) is 0 Å². The summed E-state index contributed by atoms with van der Waals surface area (Å²) in [5.41, 5.74) is 0.784. The number of para-hydroxylation sites is 2. The molecule has 0 saturated carbocycles. The Morgan fingerprint density at radius 1 is 1.40 bits per heavy atom. The van der Waals surface area contributed by atoms with Crippen LogP contribution in [0.25, 0.3) is 0 Å². The Kier molecular flexibility index (Phi) is 2.40. The summed E-state index contributed by atoms with van der Waals surface area (Å²) in [6, 6.07) is 7.44. The SMILES string of the molecule is COc1ccccc1NCl. The molecule has 1 aromatic carbocycles. The number of hydrogen-bond acceptors (Lipinski definition) is 2. The lowest BCUT2D eigenvalue weighted by atomic mass is 10.3. The summed E-state index contributed by atoms with van der Waals surface area (Å²) in [7, 11) is 1.60. The normalized spacial score (nSPS) is 9.00. The minimum absolute atomic E-state index is 0.748. The van der Waals surface area contributed by atoms with Crippen LogP contribution in [-0.2, 0) is 0 Å². The molecule has 0 aliphatic carbocycles. The molecule has 0 heterocycles. The molecule has 0 aromatic heterocycles. The molecule has 54 valence electrons. The Balaban J connectivity index is 2.96. The van der Waals surface area contributed by atoms with Gasteiger partial charge in [-0.2, -0.15) is 0 Å². The van der Waals surface area contributed by atoms with Crippen molar-refractivity contribution >= 4 is 17.5 Å². The number of benzene rings is 1. The highest BCUT2D eigenvalue weighted by atomic mass is 35.5. The fourth-order valence-electron chi connectivity index (χ4n) is 0.723. The lowest BCUT2D eigenvalue weighted by Crippen LogP contribution is -1.87. The van der Waals surface area contributed by atoms with Gasteiger partial charge in [0.05, 0.1) is 12.8 Å². The number of rotatable bonds is 2. The van der Waals surface area contributed by atoms with Gasteiger partial charge in [0.25, 0.3) is 0 Å². The van der Waals surface area contributed by atoms with Gasteiger partial charge in [-0.3, -0.25) is 4.84 Å². The maximum Gasteiger partial charge on any atom is 0.143 e. The lowest BCUT2D eigenvalue weighted by Gasteiger charge is -2.03. The molecular formula is C7H8ClNO. The third-order valence-electron chi connectivity index (χ3n) is 1.21. The van der Waals surface area contributed by atoms with E-state index in [0.29, 0.717) is 0 Å². The summed E-state index contributed by atoms with van der Waals surface area (Å²) in [6.45, 7) is 0. The van der Waals surface area contributed by atoms with E-state index in [1.807, 2.05) is 24.3 Å². The Bertz CT molecular complexity index is 192. The van der Waals surface area contributed by atoms with Gasteiger partial charge in [0.2, 0.25) is 0 Å². The molecule has 1 rings (SSSR count). The number of ether oxygens (including phenoxy) is 1. The highest BCUT2D eigenvalue weighted by Gasteiger charge is 1.96. The molecule has 3 heteroatoms. The average Bonchev–Trinajstić information content (AvgIpc) is 2.04. The molecule has 0 saturated heterocycles. The van der Waals surface area contributed by atoms with Crippen molar-refractivity contribution in [3.05, 3.63) is 24.3 Å². The predicted octanol–water partition coefficient (Wildman–Crippen LogP) is 2.26. The highest BCUT2D eigenvalue weighted by Crippen LogP contribution is 2.23. The maximum atomic E-state index is 5.38. The molecule has 1 aromatic rings.